The van der Waals surface area contributed by atoms with Crippen LogP contribution in [0.25, 0.3) is 0 Å². The Kier molecular flexibility index (Phi) is 6.68. The van der Waals surface area contributed by atoms with Gasteiger partial charge >= 0.3 is 0 Å². The summed E-state index contributed by atoms with van der Waals surface area (Å²) < 4.78 is 6.29. The van der Waals surface area contributed by atoms with Crippen LogP contribution in [0.2, 0.25) is 0 Å². The van der Waals surface area contributed by atoms with Gasteiger partial charge in [-0.15, -0.1) is 5.73 Å². The van der Waals surface area contributed by atoms with E-state index < -0.39 is 0 Å². The molecule has 1 saturated heterocycles. The molecule has 1 aliphatic rings. The highest BCUT2D eigenvalue weighted by atomic mass is 16.5. The molecule has 0 N–H and O–H groups in total. The number of aryl methyl sites for hydroxylation is 1. The second kappa shape index (κ2) is 9.42. The fourth-order valence-corrected chi connectivity index (χ4v) is 3.61. The standard InChI is InChI=1S/C24H28O/c1-2-21-19-24(22-16-10-6-11-17-22)25-23(21)18-12-4-3-7-13-20-14-8-5-9-15-20/h5-6,8-11,14-17,23-24H,1,3-4,7,12-13,18-19H2/t23-,24-/m0/s1. The van der Waals surface area contributed by atoms with Gasteiger partial charge in [-0.1, -0.05) is 86.5 Å². The molecule has 0 aliphatic carbocycles. The van der Waals surface area contributed by atoms with Gasteiger partial charge in [0.1, 0.15) is 0 Å². The average Bonchev–Trinajstić information content (AvgIpc) is 3.09. The van der Waals surface area contributed by atoms with E-state index in [1.165, 1.54) is 48.8 Å². The van der Waals surface area contributed by atoms with Crippen LogP contribution in [0.5, 0.6) is 0 Å². The quantitative estimate of drug-likeness (QED) is 0.400. The second-order valence-electron chi connectivity index (χ2n) is 6.87. The zero-order valence-electron chi connectivity index (χ0n) is 15.0. The maximum atomic E-state index is 6.29. The first-order valence-electron chi connectivity index (χ1n) is 9.50. The zero-order valence-corrected chi connectivity index (χ0v) is 15.0. The van der Waals surface area contributed by atoms with Gasteiger partial charge in [0.15, 0.2) is 0 Å². The summed E-state index contributed by atoms with van der Waals surface area (Å²) in [5.74, 6) is 0. The summed E-state index contributed by atoms with van der Waals surface area (Å²) in [6.07, 6.45) is 8.64. The lowest BCUT2D eigenvalue weighted by Crippen LogP contribution is -2.08. The highest BCUT2D eigenvalue weighted by Gasteiger charge is 2.30. The molecule has 2 aromatic carbocycles. The lowest BCUT2D eigenvalue weighted by Gasteiger charge is -2.13. The summed E-state index contributed by atoms with van der Waals surface area (Å²) in [4.78, 5) is 0. The summed E-state index contributed by atoms with van der Waals surface area (Å²) in [6, 6.07) is 21.3. The molecule has 3 rings (SSSR count). The van der Waals surface area contributed by atoms with E-state index >= 15 is 0 Å². The van der Waals surface area contributed by atoms with Crippen molar-refractivity contribution in [1.82, 2.24) is 0 Å². The van der Waals surface area contributed by atoms with Gasteiger partial charge in [0.2, 0.25) is 0 Å². The number of benzene rings is 2. The maximum Gasteiger partial charge on any atom is 0.0877 e. The van der Waals surface area contributed by atoms with Crippen molar-refractivity contribution in [1.29, 1.82) is 0 Å². The second-order valence-corrected chi connectivity index (χ2v) is 6.87. The van der Waals surface area contributed by atoms with E-state index in [0.717, 1.165) is 12.8 Å². The topological polar surface area (TPSA) is 9.23 Å². The molecule has 0 unspecified atom stereocenters. The molecule has 2 atom stereocenters. The van der Waals surface area contributed by atoms with Crippen molar-refractivity contribution >= 4 is 0 Å². The third-order valence-electron chi connectivity index (χ3n) is 5.05. The molecule has 130 valence electrons. The van der Waals surface area contributed by atoms with Crippen LogP contribution < -0.4 is 0 Å². The predicted molar refractivity (Wildman–Crippen MR) is 105 cm³/mol. The van der Waals surface area contributed by atoms with E-state index in [1.54, 1.807) is 0 Å². The Morgan fingerprint density at radius 2 is 1.56 bits per heavy atom. The first-order chi connectivity index (χ1) is 12.4. The van der Waals surface area contributed by atoms with Crippen molar-refractivity contribution < 1.29 is 4.74 Å². The van der Waals surface area contributed by atoms with Crippen molar-refractivity contribution in [2.75, 3.05) is 0 Å². The van der Waals surface area contributed by atoms with Gasteiger partial charge < -0.3 is 4.74 Å². The zero-order chi connectivity index (χ0) is 17.3. The van der Waals surface area contributed by atoms with Gasteiger partial charge in [0, 0.05) is 12.0 Å². The van der Waals surface area contributed by atoms with Crippen LogP contribution in [0.1, 0.15) is 55.8 Å². The largest absolute Gasteiger partial charge is 0.365 e. The van der Waals surface area contributed by atoms with Crippen LogP contribution >= 0.6 is 0 Å². The molecule has 1 heteroatoms. The molecule has 1 fully saturated rings. The number of ether oxygens (including phenoxy) is 1. The Morgan fingerprint density at radius 1 is 0.880 bits per heavy atom. The first kappa shape index (κ1) is 17.7. The molecule has 2 aromatic rings. The monoisotopic (exact) mass is 332 g/mol. The molecule has 0 spiro atoms. The van der Waals surface area contributed by atoms with E-state index in [0.29, 0.717) is 0 Å². The van der Waals surface area contributed by atoms with E-state index in [4.69, 9.17) is 4.74 Å². The molecule has 0 amide bonds. The van der Waals surface area contributed by atoms with E-state index in [1.807, 2.05) is 0 Å². The Balaban J connectivity index is 1.38. The third-order valence-corrected chi connectivity index (χ3v) is 5.05. The van der Waals surface area contributed by atoms with Crippen molar-refractivity contribution in [3.63, 3.8) is 0 Å². The average molecular weight is 332 g/mol. The highest BCUT2D eigenvalue weighted by molar-refractivity contribution is 5.24. The van der Waals surface area contributed by atoms with Crippen LogP contribution in [-0.4, -0.2) is 6.10 Å². The molecule has 0 bridgehead atoms. The summed E-state index contributed by atoms with van der Waals surface area (Å²) in [5, 5.41) is 0. The lowest BCUT2D eigenvalue weighted by atomic mass is 9.99. The highest BCUT2D eigenvalue weighted by Crippen LogP contribution is 2.37. The molecule has 0 radical (unpaired) electrons. The summed E-state index contributed by atoms with van der Waals surface area (Å²) in [7, 11) is 0. The maximum absolute atomic E-state index is 6.29. The fourth-order valence-electron chi connectivity index (χ4n) is 3.61. The molecule has 1 nitrogen and oxygen atoms in total. The minimum atomic E-state index is 0.175. The minimum Gasteiger partial charge on any atom is -0.365 e. The van der Waals surface area contributed by atoms with Crippen molar-refractivity contribution in [2.24, 2.45) is 0 Å². The molecule has 25 heavy (non-hydrogen) atoms. The number of hydrogen-bond acceptors (Lipinski definition) is 1. The van der Waals surface area contributed by atoms with Crippen LogP contribution in [0.15, 0.2) is 78.5 Å². The van der Waals surface area contributed by atoms with E-state index in [-0.39, 0.29) is 12.2 Å². The predicted octanol–water partition coefficient (Wildman–Crippen LogP) is 6.42. The Bertz CT molecular complexity index is 683. The SMILES string of the molecule is C=C=C1C[C@@H](c2ccccc2)O[C@H]1CCCCCCc1ccccc1. The van der Waals surface area contributed by atoms with Gasteiger partial charge in [-0.05, 0) is 30.4 Å². The van der Waals surface area contributed by atoms with E-state index in [2.05, 4.69) is 73.0 Å². The van der Waals surface area contributed by atoms with Gasteiger partial charge in [-0.25, -0.2) is 0 Å². The van der Waals surface area contributed by atoms with Crippen LogP contribution in [0, 0.1) is 0 Å². The molecule has 1 heterocycles. The molecular weight excluding hydrogens is 304 g/mol. The van der Waals surface area contributed by atoms with Crippen molar-refractivity contribution in [2.45, 2.75) is 57.2 Å². The van der Waals surface area contributed by atoms with Gasteiger partial charge in [0.05, 0.1) is 12.2 Å². The minimum absolute atomic E-state index is 0.175. The normalized spacial score (nSPS) is 19.8. The lowest BCUT2D eigenvalue weighted by molar-refractivity contribution is 0.0462. The molecule has 1 aliphatic heterocycles. The number of hydrogen-bond donors (Lipinski definition) is 0. The summed E-state index contributed by atoms with van der Waals surface area (Å²) >= 11 is 0. The Morgan fingerprint density at radius 3 is 2.28 bits per heavy atom. The van der Waals surface area contributed by atoms with Crippen molar-refractivity contribution in [3.05, 3.63) is 89.7 Å². The third kappa shape index (κ3) is 5.19. The Labute approximate surface area is 152 Å². The van der Waals surface area contributed by atoms with Gasteiger partial charge in [0.25, 0.3) is 0 Å². The van der Waals surface area contributed by atoms with E-state index in [9.17, 15) is 0 Å². The van der Waals surface area contributed by atoms with Gasteiger partial charge in [-0.3, -0.25) is 0 Å². The summed E-state index contributed by atoms with van der Waals surface area (Å²) in [5.41, 5.74) is 7.09. The van der Waals surface area contributed by atoms with Crippen LogP contribution in [0.3, 0.4) is 0 Å². The fraction of sp³-hybridized carbons (Fsp3) is 0.375. The Hall–Kier alpha value is -2.08. The molecule has 0 saturated carbocycles. The number of unbranched alkanes of at least 4 members (excludes halogenated alkanes) is 3. The van der Waals surface area contributed by atoms with Crippen LogP contribution in [0.4, 0.5) is 0 Å². The van der Waals surface area contributed by atoms with Crippen molar-refractivity contribution in [3.8, 4) is 0 Å². The molecular formula is C24H28O. The molecule has 0 aromatic heterocycles. The van der Waals surface area contributed by atoms with Crippen LogP contribution in [-0.2, 0) is 11.2 Å². The smallest absolute Gasteiger partial charge is 0.0877 e. The number of rotatable bonds is 8. The van der Waals surface area contributed by atoms with Gasteiger partial charge in [-0.2, -0.15) is 0 Å². The first-order valence-corrected chi connectivity index (χ1v) is 9.50. The summed E-state index contributed by atoms with van der Waals surface area (Å²) in [6.45, 7) is 3.87.